The number of halogens is 2. The minimum atomic E-state index is -0.542. The van der Waals surface area contributed by atoms with Crippen molar-refractivity contribution in [3.05, 3.63) is 33.5 Å². The minimum absolute atomic E-state index is 0.0651. The fourth-order valence-electron chi connectivity index (χ4n) is 2.25. The van der Waals surface area contributed by atoms with Crippen molar-refractivity contribution in [2.75, 3.05) is 6.61 Å². The highest BCUT2D eigenvalue weighted by atomic mass is 79.9. The van der Waals surface area contributed by atoms with Gasteiger partial charge in [-0.1, -0.05) is 15.9 Å². The van der Waals surface area contributed by atoms with Crippen molar-refractivity contribution in [3.8, 4) is 0 Å². The van der Waals surface area contributed by atoms with Crippen LogP contribution < -0.4 is 5.73 Å². The van der Waals surface area contributed by atoms with Gasteiger partial charge >= 0.3 is 5.97 Å². The van der Waals surface area contributed by atoms with Gasteiger partial charge in [-0.15, -0.1) is 0 Å². The van der Waals surface area contributed by atoms with E-state index < -0.39 is 6.04 Å². The number of carbonyl (C=O) groups excluding carboxylic acids is 1. The van der Waals surface area contributed by atoms with Crippen LogP contribution in [0.25, 0.3) is 0 Å². The maximum atomic E-state index is 14.0. The monoisotopic (exact) mass is 329 g/mol. The smallest absolute Gasteiger partial charge is 0.307 e. The normalized spacial score (nSPS) is 16.2. The summed E-state index contributed by atoms with van der Waals surface area (Å²) in [5, 5.41) is 0. The maximum absolute atomic E-state index is 14.0. The molecule has 0 radical (unpaired) electrons. The molecule has 0 unspecified atom stereocenters. The number of nitrogens with two attached hydrogens (primary N) is 1. The molecule has 0 spiro atoms. The van der Waals surface area contributed by atoms with Crippen molar-refractivity contribution in [2.45, 2.75) is 38.1 Å². The van der Waals surface area contributed by atoms with Crippen molar-refractivity contribution in [2.24, 2.45) is 5.73 Å². The third-order valence-electron chi connectivity index (χ3n) is 3.23. The predicted octanol–water partition coefficient (Wildman–Crippen LogP) is 3.42. The van der Waals surface area contributed by atoms with E-state index in [0.29, 0.717) is 17.7 Å². The van der Waals surface area contributed by atoms with Crippen LogP contribution >= 0.6 is 15.9 Å². The van der Waals surface area contributed by atoms with Gasteiger partial charge in [-0.25, -0.2) is 4.39 Å². The van der Waals surface area contributed by atoms with Crippen LogP contribution in [0.3, 0.4) is 0 Å². The van der Waals surface area contributed by atoms with Gasteiger partial charge < -0.3 is 10.5 Å². The molecular weight excluding hydrogens is 313 g/mol. The number of carbonyl (C=O) groups is 1. The standard InChI is InChI=1S/C14H17BrFNO2/c1-2-19-12(18)7-11(17)14-9(15)5-6-10(16)13(14)8-3-4-8/h5-6,8,11H,2-4,7,17H2,1H3/t11-/m1/s1. The summed E-state index contributed by atoms with van der Waals surface area (Å²) in [6.45, 7) is 2.07. The number of rotatable bonds is 5. The van der Waals surface area contributed by atoms with E-state index in [9.17, 15) is 9.18 Å². The molecule has 1 aliphatic carbocycles. The fraction of sp³-hybridized carbons (Fsp3) is 0.500. The molecule has 104 valence electrons. The quantitative estimate of drug-likeness (QED) is 0.842. The molecule has 1 aromatic carbocycles. The molecule has 5 heteroatoms. The van der Waals surface area contributed by atoms with E-state index in [4.69, 9.17) is 10.5 Å². The maximum Gasteiger partial charge on any atom is 0.307 e. The second-order valence-electron chi connectivity index (χ2n) is 4.75. The number of hydrogen-bond donors (Lipinski definition) is 1. The molecule has 0 heterocycles. The molecule has 3 nitrogen and oxygen atoms in total. The van der Waals surface area contributed by atoms with Crippen LogP contribution in [0.15, 0.2) is 16.6 Å². The highest BCUT2D eigenvalue weighted by Gasteiger charge is 2.32. The SMILES string of the molecule is CCOC(=O)C[C@@H](N)c1c(Br)ccc(F)c1C1CC1. The van der Waals surface area contributed by atoms with Gasteiger partial charge in [-0.3, -0.25) is 4.79 Å². The Morgan fingerprint density at radius 2 is 2.26 bits per heavy atom. The van der Waals surface area contributed by atoms with Crippen LogP contribution in [0.1, 0.15) is 49.3 Å². The molecule has 0 aromatic heterocycles. The zero-order valence-corrected chi connectivity index (χ0v) is 12.4. The average Bonchev–Trinajstić information content (AvgIpc) is 3.15. The Kier molecular flexibility index (Phi) is 4.58. The molecule has 2 rings (SSSR count). The van der Waals surface area contributed by atoms with Crippen LogP contribution in [-0.2, 0) is 9.53 Å². The van der Waals surface area contributed by atoms with Gasteiger partial charge in [0.25, 0.3) is 0 Å². The largest absolute Gasteiger partial charge is 0.466 e. The average molecular weight is 330 g/mol. The lowest BCUT2D eigenvalue weighted by Gasteiger charge is -2.18. The summed E-state index contributed by atoms with van der Waals surface area (Å²) < 4.78 is 19.6. The van der Waals surface area contributed by atoms with Crippen LogP contribution in [0, 0.1) is 5.82 Å². The van der Waals surface area contributed by atoms with Gasteiger partial charge in [-0.2, -0.15) is 0 Å². The third-order valence-corrected chi connectivity index (χ3v) is 3.92. The second-order valence-corrected chi connectivity index (χ2v) is 5.60. The second kappa shape index (κ2) is 6.01. The van der Waals surface area contributed by atoms with Gasteiger partial charge in [0.2, 0.25) is 0 Å². The summed E-state index contributed by atoms with van der Waals surface area (Å²) in [6, 6.07) is 2.54. The van der Waals surface area contributed by atoms with Gasteiger partial charge in [-0.05, 0) is 48.9 Å². The number of benzene rings is 1. The highest BCUT2D eigenvalue weighted by molar-refractivity contribution is 9.10. The number of ether oxygens (including phenoxy) is 1. The molecule has 1 aliphatic rings. The molecule has 0 saturated heterocycles. The lowest BCUT2D eigenvalue weighted by Crippen LogP contribution is -2.19. The zero-order chi connectivity index (χ0) is 14.0. The zero-order valence-electron chi connectivity index (χ0n) is 10.8. The lowest BCUT2D eigenvalue weighted by atomic mass is 9.95. The van der Waals surface area contributed by atoms with Crippen LogP contribution in [-0.4, -0.2) is 12.6 Å². The topological polar surface area (TPSA) is 52.3 Å². The van der Waals surface area contributed by atoms with E-state index in [1.54, 1.807) is 13.0 Å². The lowest BCUT2D eigenvalue weighted by molar-refractivity contribution is -0.143. The highest BCUT2D eigenvalue weighted by Crippen LogP contribution is 2.46. The molecule has 1 saturated carbocycles. The summed E-state index contributed by atoms with van der Waals surface area (Å²) in [7, 11) is 0. The molecule has 19 heavy (non-hydrogen) atoms. The first-order valence-electron chi connectivity index (χ1n) is 6.43. The Bertz CT molecular complexity index is 489. The van der Waals surface area contributed by atoms with E-state index >= 15 is 0 Å². The summed E-state index contributed by atoms with van der Waals surface area (Å²) >= 11 is 3.41. The molecule has 1 atom stereocenters. The molecule has 2 N–H and O–H groups in total. The fourth-order valence-corrected chi connectivity index (χ4v) is 2.89. The van der Waals surface area contributed by atoms with E-state index in [-0.39, 0.29) is 24.1 Å². The van der Waals surface area contributed by atoms with Gasteiger partial charge in [0, 0.05) is 10.5 Å². The Hall–Kier alpha value is -0.940. The first kappa shape index (κ1) is 14.5. The summed E-state index contributed by atoms with van der Waals surface area (Å²) in [6.07, 6.45) is 2.02. The van der Waals surface area contributed by atoms with Gasteiger partial charge in [0.15, 0.2) is 0 Å². The van der Waals surface area contributed by atoms with E-state index in [0.717, 1.165) is 17.3 Å². The van der Waals surface area contributed by atoms with Crippen molar-refractivity contribution >= 4 is 21.9 Å². The first-order chi connectivity index (χ1) is 9.04. The van der Waals surface area contributed by atoms with Crippen molar-refractivity contribution in [1.82, 2.24) is 0 Å². The third kappa shape index (κ3) is 3.34. The minimum Gasteiger partial charge on any atom is -0.466 e. The van der Waals surface area contributed by atoms with Crippen LogP contribution in [0.5, 0.6) is 0 Å². The summed E-state index contributed by atoms with van der Waals surface area (Å²) in [5.41, 5.74) is 7.43. The Morgan fingerprint density at radius 1 is 1.58 bits per heavy atom. The van der Waals surface area contributed by atoms with Crippen LogP contribution in [0.4, 0.5) is 4.39 Å². The van der Waals surface area contributed by atoms with E-state index in [2.05, 4.69) is 15.9 Å². The number of hydrogen-bond acceptors (Lipinski definition) is 3. The van der Waals surface area contributed by atoms with Gasteiger partial charge in [0.1, 0.15) is 5.82 Å². The molecule has 0 bridgehead atoms. The first-order valence-corrected chi connectivity index (χ1v) is 7.22. The van der Waals surface area contributed by atoms with Crippen LogP contribution in [0.2, 0.25) is 0 Å². The summed E-state index contributed by atoms with van der Waals surface area (Å²) in [4.78, 5) is 11.5. The molecular formula is C14H17BrFNO2. The predicted molar refractivity (Wildman–Crippen MR) is 74.3 cm³/mol. The Morgan fingerprint density at radius 3 is 2.84 bits per heavy atom. The van der Waals surface area contributed by atoms with Crippen molar-refractivity contribution in [1.29, 1.82) is 0 Å². The number of esters is 1. The molecule has 1 aromatic rings. The van der Waals surface area contributed by atoms with Crippen molar-refractivity contribution < 1.29 is 13.9 Å². The molecule has 0 amide bonds. The Labute approximate surface area is 120 Å². The summed E-state index contributed by atoms with van der Waals surface area (Å²) in [5.74, 6) is -0.353. The van der Waals surface area contributed by atoms with E-state index in [1.807, 2.05) is 0 Å². The Balaban J connectivity index is 2.27. The van der Waals surface area contributed by atoms with Crippen molar-refractivity contribution in [3.63, 3.8) is 0 Å². The molecule has 0 aliphatic heterocycles. The van der Waals surface area contributed by atoms with Gasteiger partial charge in [0.05, 0.1) is 13.0 Å². The van der Waals surface area contributed by atoms with E-state index in [1.165, 1.54) is 6.07 Å². The molecule has 1 fully saturated rings.